The molecule has 3 rings (SSSR count). The molecule has 1 atom stereocenters. The zero-order chi connectivity index (χ0) is 15.0. The van der Waals surface area contributed by atoms with E-state index in [0.717, 1.165) is 17.7 Å². The molecule has 0 amide bonds. The van der Waals surface area contributed by atoms with Crippen molar-refractivity contribution in [2.24, 2.45) is 0 Å². The van der Waals surface area contributed by atoms with Crippen molar-refractivity contribution in [3.8, 4) is 0 Å². The number of nitrogens with zero attached hydrogens (tertiary/aromatic N) is 1. The van der Waals surface area contributed by atoms with E-state index in [9.17, 15) is 8.42 Å². The monoisotopic (exact) mass is 361 g/mol. The van der Waals surface area contributed by atoms with E-state index in [1.807, 2.05) is 17.5 Å². The Labute approximate surface area is 138 Å². The zero-order valence-electron chi connectivity index (χ0n) is 11.0. The third-order valence-electron chi connectivity index (χ3n) is 3.56. The highest BCUT2D eigenvalue weighted by atomic mass is 35.5. The molecule has 2 aromatic rings. The summed E-state index contributed by atoms with van der Waals surface area (Å²) in [5.41, 5.74) is 0. The van der Waals surface area contributed by atoms with Crippen molar-refractivity contribution in [3.05, 3.63) is 50.6 Å². The molecule has 0 bridgehead atoms. The fraction of sp³-hybridized carbons (Fsp3) is 0.286. The van der Waals surface area contributed by atoms with E-state index < -0.39 is 10.0 Å². The predicted molar refractivity (Wildman–Crippen MR) is 86.6 cm³/mol. The molecular weight excluding hydrogens is 349 g/mol. The van der Waals surface area contributed by atoms with Gasteiger partial charge >= 0.3 is 0 Å². The third kappa shape index (κ3) is 2.73. The number of hydrogen-bond acceptors (Lipinski definition) is 3. The fourth-order valence-corrected chi connectivity index (χ4v) is 6.35. The SMILES string of the molecule is O=S(=O)(c1c(Cl)cccc1Cl)N1CCC[C@H]1c1cccs1. The molecule has 1 aliphatic rings. The van der Waals surface area contributed by atoms with E-state index in [2.05, 4.69) is 0 Å². The van der Waals surface area contributed by atoms with Crippen LogP contribution in [0.1, 0.15) is 23.8 Å². The van der Waals surface area contributed by atoms with Gasteiger partial charge in [-0.25, -0.2) is 8.42 Å². The van der Waals surface area contributed by atoms with Gasteiger partial charge in [0.05, 0.1) is 16.1 Å². The molecule has 112 valence electrons. The van der Waals surface area contributed by atoms with Crippen LogP contribution in [0.25, 0.3) is 0 Å². The first kappa shape index (κ1) is 15.3. The van der Waals surface area contributed by atoms with Crippen LogP contribution in [0.3, 0.4) is 0 Å². The third-order valence-corrected chi connectivity index (χ3v) is 7.40. The van der Waals surface area contributed by atoms with E-state index in [0.29, 0.717) is 6.54 Å². The average Bonchev–Trinajstić information content (AvgIpc) is 3.09. The Balaban J connectivity index is 2.06. The number of sulfonamides is 1. The molecule has 2 heterocycles. The lowest BCUT2D eigenvalue weighted by molar-refractivity contribution is 0.401. The standard InChI is InChI=1S/C14H13Cl2NO2S2/c15-10-4-1-5-11(16)14(10)21(18,19)17-8-2-6-12(17)13-7-3-9-20-13/h1,3-5,7,9,12H,2,6,8H2/t12-/m0/s1. The second-order valence-corrected chi connectivity index (χ2v) is 8.46. The molecule has 1 saturated heterocycles. The molecule has 1 aliphatic heterocycles. The van der Waals surface area contributed by atoms with Crippen molar-refractivity contribution in [1.82, 2.24) is 4.31 Å². The van der Waals surface area contributed by atoms with Crippen molar-refractivity contribution >= 4 is 44.6 Å². The van der Waals surface area contributed by atoms with Crippen molar-refractivity contribution in [3.63, 3.8) is 0 Å². The highest BCUT2D eigenvalue weighted by Crippen LogP contribution is 2.41. The predicted octanol–water partition coefficient (Wildman–Crippen LogP) is 4.58. The lowest BCUT2D eigenvalue weighted by atomic mass is 10.2. The molecule has 1 fully saturated rings. The Bertz CT molecular complexity index is 724. The molecule has 0 saturated carbocycles. The maximum atomic E-state index is 12.9. The fourth-order valence-electron chi connectivity index (χ4n) is 2.64. The molecule has 21 heavy (non-hydrogen) atoms. The Morgan fingerprint density at radius 3 is 2.48 bits per heavy atom. The summed E-state index contributed by atoms with van der Waals surface area (Å²) in [5.74, 6) is 0. The first-order valence-electron chi connectivity index (χ1n) is 6.51. The largest absolute Gasteiger partial charge is 0.246 e. The normalized spacial score (nSPS) is 20.0. The number of halogens is 2. The molecule has 0 N–H and O–H groups in total. The Hall–Kier alpha value is -0.590. The minimum absolute atomic E-state index is 0.0109. The Morgan fingerprint density at radius 1 is 1.14 bits per heavy atom. The second kappa shape index (κ2) is 5.89. The van der Waals surface area contributed by atoms with Crippen LogP contribution in [-0.4, -0.2) is 19.3 Å². The first-order valence-corrected chi connectivity index (χ1v) is 9.58. The highest BCUT2D eigenvalue weighted by molar-refractivity contribution is 7.89. The van der Waals surface area contributed by atoms with Gasteiger partial charge in [0, 0.05) is 11.4 Å². The quantitative estimate of drug-likeness (QED) is 0.801. The number of benzene rings is 1. The van der Waals surface area contributed by atoms with Crippen LogP contribution in [0, 0.1) is 0 Å². The van der Waals surface area contributed by atoms with Gasteiger partial charge in [0.25, 0.3) is 0 Å². The topological polar surface area (TPSA) is 37.4 Å². The summed E-state index contributed by atoms with van der Waals surface area (Å²) in [4.78, 5) is 1.07. The number of hydrogen-bond donors (Lipinski definition) is 0. The summed E-state index contributed by atoms with van der Waals surface area (Å²) in [6, 6.07) is 8.53. The summed E-state index contributed by atoms with van der Waals surface area (Å²) in [6.45, 7) is 0.493. The van der Waals surface area contributed by atoms with E-state index >= 15 is 0 Å². The van der Waals surface area contributed by atoms with Crippen LogP contribution in [0.2, 0.25) is 10.0 Å². The lowest BCUT2D eigenvalue weighted by Crippen LogP contribution is -2.30. The maximum absolute atomic E-state index is 12.9. The van der Waals surface area contributed by atoms with Gasteiger partial charge in [-0.2, -0.15) is 4.31 Å². The lowest BCUT2D eigenvalue weighted by Gasteiger charge is -2.24. The number of thiophene rings is 1. The summed E-state index contributed by atoms with van der Waals surface area (Å²) in [5, 5.41) is 2.29. The first-order chi connectivity index (χ1) is 10.0. The summed E-state index contributed by atoms with van der Waals surface area (Å²) < 4.78 is 27.4. The Kier molecular flexibility index (Phi) is 4.30. The van der Waals surface area contributed by atoms with Gasteiger partial charge in [-0.1, -0.05) is 35.3 Å². The molecule has 0 unspecified atom stereocenters. The smallest absolute Gasteiger partial charge is 0.207 e. The van der Waals surface area contributed by atoms with Gasteiger partial charge in [0.2, 0.25) is 10.0 Å². The Morgan fingerprint density at radius 2 is 1.86 bits per heavy atom. The molecule has 1 aromatic carbocycles. The van der Waals surface area contributed by atoms with E-state index in [1.54, 1.807) is 29.5 Å². The van der Waals surface area contributed by atoms with Gasteiger partial charge in [0.1, 0.15) is 4.90 Å². The van der Waals surface area contributed by atoms with Crippen LogP contribution in [0.5, 0.6) is 0 Å². The average molecular weight is 362 g/mol. The zero-order valence-corrected chi connectivity index (χ0v) is 14.1. The highest BCUT2D eigenvalue weighted by Gasteiger charge is 2.38. The molecule has 0 aliphatic carbocycles. The van der Waals surface area contributed by atoms with Crippen LogP contribution in [0.15, 0.2) is 40.6 Å². The summed E-state index contributed by atoms with van der Waals surface area (Å²) in [7, 11) is -3.70. The van der Waals surface area contributed by atoms with Crippen LogP contribution >= 0.6 is 34.5 Å². The second-order valence-electron chi connectivity index (χ2n) is 4.84. The van der Waals surface area contributed by atoms with Gasteiger partial charge in [-0.3, -0.25) is 0 Å². The van der Waals surface area contributed by atoms with E-state index in [1.165, 1.54) is 4.31 Å². The maximum Gasteiger partial charge on any atom is 0.246 e. The van der Waals surface area contributed by atoms with E-state index in [-0.39, 0.29) is 21.0 Å². The number of rotatable bonds is 3. The summed E-state index contributed by atoms with van der Waals surface area (Å²) >= 11 is 13.7. The molecule has 0 radical (unpaired) electrons. The van der Waals surface area contributed by atoms with Crippen molar-refractivity contribution in [1.29, 1.82) is 0 Å². The van der Waals surface area contributed by atoms with Gasteiger partial charge in [-0.15, -0.1) is 11.3 Å². The molecular formula is C14H13Cl2NO2S2. The summed E-state index contributed by atoms with van der Waals surface area (Å²) in [6.07, 6.45) is 1.66. The minimum Gasteiger partial charge on any atom is -0.207 e. The molecule has 1 aromatic heterocycles. The minimum atomic E-state index is -3.70. The van der Waals surface area contributed by atoms with Gasteiger partial charge in [-0.05, 0) is 36.4 Å². The van der Waals surface area contributed by atoms with Crippen molar-refractivity contribution in [2.45, 2.75) is 23.8 Å². The van der Waals surface area contributed by atoms with Crippen LogP contribution in [0.4, 0.5) is 0 Å². The van der Waals surface area contributed by atoms with Crippen molar-refractivity contribution in [2.75, 3.05) is 6.54 Å². The van der Waals surface area contributed by atoms with Crippen molar-refractivity contribution < 1.29 is 8.42 Å². The molecule has 0 spiro atoms. The van der Waals surface area contributed by atoms with E-state index in [4.69, 9.17) is 23.2 Å². The van der Waals surface area contributed by atoms with Crippen LogP contribution < -0.4 is 0 Å². The van der Waals surface area contributed by atoms with Gasteiger partial charge < -0.3 is 0 Å². The molecule has 3 nitrogen and oxygen atoms in total. The molecule has 7 heteroatoms. The van der Waals surface area contributed by atoms with Gasteiger partial charge in [0.15, 0.2) is 0 Å². The van der Waals surface area contributed by atoms with Crippen LogP contribution in [-0.2, 0) is 10.0 Å².